The number of piperidine rings is 1. The van der Waals surface area contributed by atoms with Crippen LogP contribution >= 0.6 is 0 Å². The summed E-state index contributed by atoms with van der Waals surface area (Å²) in [6.45, 7) is 1.82. The van der Waals surface area contributed by atoms with Gasteiger partial charge < -0.3 is 10.2 Å². The SMILES string of the molecule is N#Cc1ccc(C(=O)N(CC2CCCCN2)C2CC2)nc1. The van der Waals surface area contributed by atoms with Crippen molar-refractivity contribution in [1.29, 1.82) is 5.26 Å². The summed E-state index contributed by atoms with van der Waals surface area (Å²) in [5.41, 5.74) is 0.926. The molecule has 2 aliphatic rings. The monoisotopic (exact) mass is 284 g/mol. The number of pyridine rings is 1. The third-order valence-electron chi connectivity index (χ3n) is 4.19. The number of carbonyl (C=O) groups is 1. The molecule has 1 N–H and O–H groups in total. The molecule has 21 heavy (non-hydrogen) atoms. The Morgan fingerprint density at radius 1 is 1.38 bits per heavy atom. The van der Waals surface area contributed by atoms with Gasteiger partial charge in [-0.25, -0.2) is 4.98 Å². The zero-order chi connectivity index (χ0) is 14.7. The second kappa shape index (κ2) is 6.23. The van der Waals surface area contributed by atoms with Crippen LogP contribution in [0.25, 0.3) is 0 Å². The number of aromatic nitrogens is 1. The Bertz CT molecular complexity index is 538. The summed E-state index contributed by atoms with van der Waals surface area (Å²) >= 11 is 0. The maximum absolute atomic E-state index is 12.7. The van der Waals surface area contributed by atoms with E-state index in [2.05, 4.69) is 10.3 Å². The molecule has 1 aliphatic heterocycles. The first-order valence-corrected chi connectivity index (χ1v) is 7.68. The highest BCUT2D eigenvalue weighted by atomic mass is 16.2. The van der Waals surface area contributed by atoms with E-state index in [-0.39, 0.29) is 5.91 Å². The summed E-state index contributed by atoms with van der Waals surface area (Å²) in [7, 11) is 0. The molecule has 3 rings (SSSR count). The zero-order valence-corrected chi connectivity index (χ0v) is 12.1. The highest BCUT2D eigenvalue weighted by Crippen LogP contribution is 2.28. The lowest BCUT2D eigenvalue weighted by Gasteiger charge is -2.30. The fourth-order valence-corrected chi connectivity index (χ4v) is 2.83. The van der Waals surface area contributed by atoms with Crippen LogP contribution in [0.5, 0.6) is 0 Å². The molecule has 1 aliphatic carbocycles. The summed E-state index contributed by atoms with van der Waals surface area (Å²) < 4.78 is 0. The van der Waals surface area contributed by atoms with E-state index in [1.807, 2.05) is 11.0 Å². The Labute approximate surface area is 125 Å². The molecule has 5 heteroatoms. The molecule has 1 saturated carbocycles. The van der Waals surface area contributed by atoms with E-state index in [1.165, 1.54) is 19.0 Å². The smallest absolute Gasteiger partial charge is 0.272 e. The number of nitrogens with zero attached hydrogens (tertiary/aromatic N) is 3. The molecule has 1 atom stereocenters. The van der Waals surface area contributed by atoms with Crippen LogP contribution in [0.15, 0.2) is 18.3 Å². The van der Waals surface area contributed by atoms with E-state index in [9.17, 15) is 4.79 Å². The topological polar surface area (TPSA) is 69.0 Å². The third-order valence-corrected chi connectivity index (χ3v) is 4.19. The van der Waals surface area contributed by atoms with Crippen LogP contribution in [0, 0.1) is 11.3 Å². The molecular formula is C16H20N4O. The summed E-state index contributed by atoms with van der Waals surface area (Å²) in [4.78, 5) is 18.8. The van der Waals surface area contributed by atoms with Crippen molar-refractivity contribution in [3.63, 3.8) is 0 Å². The Hall–Kier alpha value is -1.93. The van der Waals surface area contributed by atoms with Crippen LogP contribution in [-0.4, -0.2) is 41.0 Å². The van der Waals surface area contributed by atoms with Gasteiger partial charge in [0.25, 0.3) is 5.91 Å². The highest BCUT2D eigenvalue weighted by Gasteiger charge is 2.35. The molecule has 1 saturated heterocycles. The molecule has 0 spiro atoms. The average Bonchev–Trinajstić information content (AvgIpc) is 3.38. The first-order chi connectivity index (χ1) is 10.3. The van der Waals surface area contributed by atoms with Gasteiger partial charge in [0.15, 0.2) is 0 Å². The first kappa shape index (κ1) is 14.0. The van der Waals surface area contributed by atoms with Crippen molar-refractivity contribution < 1.29 is 4.79 Å². The van der Waals surface area contributed by atoms with Crippen molar-refractivity contribution in [3.8, 4) is 6.07 Å². The summed E-state index contributed by atoms with van der Waals surface area (Å²) in [5.74, 6) is -0.00522. The number of carbonyl (C=O) groups excluding carboxylic acids is 1. The van der Waals surface area contributed by atoms with E-state index in [1.54, 1.807) is 12.1 Å². The molecule has 1 amide bonds. The van der Waals surface area contributed by atoms with Gasteiger partial charge in [0, 0.05) is 24.8 Å². The minimum absolute atomic E-state index is 0.00522. The second-order valence-corrected chi connectivity index (χ2v) is 5.88. The molecule has 1 aromatic rings. The highest BCUT2D eigenvalue weighted by molar-refractivity contribution is 5.92. The number of nitriles is 1. The van der Waals surface area contributed by atoms with Gasteiger partial charge in [0.1, 0.15) is 11.8 Å². The third kappa shape index (κ3) is 3.40. The minimum Gasteiger partial charge on any atom is -0.333 e. The Balaban J connectivity index is 1.70. The lowest BCUT2D eigenvalue weighted by molar-refractivity contribution is 0.0712. The van der Waals surface area contributed by atoms with Gasteiger partial charge >= 0.3 is 0 Å². The van der Waals surface area contributed by atoms with Gasteiger partial charge in [-0.3, -0.25) is 4.79 Å². The number of amides is 1. The van der Waals surface area contributed by atoms with E-state index in [0.29, 0.717) is 23.3 Å². The second-order valence-electron chi connectivity index (χ2n) is 5.88. The quantitative estimate of drug-likeness (QED) is 0.913. The molecule has 0 aromatic carbocycles. The van der Waals surface area contributed by atoms with Gasteiger partial charge in [0.05, 0.1) is 5.56 Å². The number of hydrogen-bond acceptors (Lipinski definition) is 4. The predicted molar refractivity (Wildman–Crippen MR) is 78.7 cm³/mol. The molecule has 110 valence electrons. The maximum Gasteiger partial charge on any atom is 0.272 e. The van der Waals surface area contributed by atoms with Crippen LogP contribution in [0.3, 0.4) is 0 Å². The molecule has 1 unspecified atom stereocenters. The first-order valence-electron chi connectivity index (χ1n) is 7.68. The van der Waals surface area contributed by atoms with Crippen LogP contribution in [0.1, 0.15) is 48.2 Å². The molecule has 0 radical (unpaired) electrons. The lowest BCUT2D eigenvalue weighted by Crippen LogP contribution is -2.46. The number of hydrogen-bond donors (Lipinski definition) is 1. The van der Waals surface area contributed by atoms with Crippen molar-refractivity contribution in [1.82, 2.24) is 15.2 Å². The van der Waals surface area contributed by atoms with Gasteiger partial charge in [-0.15, -0.1) is 0 Å². The number of rotatable bonds is 4. The largest absolute Gasteiger partial charge is 0.333 e. The summed E-state index contributed by atoms with van der Waals surface area (Å²) in [5, 5.41) is 12.3. The molecule has 0 bridgehead atoms. The molecule has 1 aromatic heterocycles. The zero-order valence-electron chi connectivity index (χ0n) is 12.1. The number of nitrogens with one attached hydrogen (secondary N) is 1. The van der Waals surface area contributed by atoms with Crippen LogP contribution in [-0.2, 0) is 0 Å². The fourth-order valence-electron chi connectivity index (χ4n) is 2.83. The van der Waals surface area contributed by atoms with Crippen molar-refractivity contribution in [3.05, 3.63) is 29.6 Å². The standard InChI is InChI=1S/C16H20N4O/c17-9-12-4-7-15(19-10-12)16(21)20(14-5-6-14)11-13-3-1-2-8-18-13/h4,7,10,13-14,18H,1-3,5-6,8,11H2. The van der Waals surface area contributed by atoms with Gasteiger partial charge in [-0.1, -0.05) is 6.42 Å². The van der Waals surface area contributed by atoms with E-state index < -0.39 is 0 Å². The van der Waals surface area contributed by atoms with Gasteiger partial charge in [-0.2, -0.15) is 5.26 Å². The molecule has 5 nitrogen and oxygen atoms in total. The van der Waals surface area contributed by atoms with Crippen LogP contribution in [0.4, 0.5) is 0 Å². The van der Waals surface area contributed by atoms with E-state index in [4.69, 9.17) is 5.26 Å². The normalized spacial score (nSPS) is 21.6. The molecule has 2 heterocycles. The van der Waals surface area contributed by atoms with E-state index in [0.717, 1.165) is 32.4 Å². The summed E-state index contributed by atoms with van der Waals surface area (Å²) in [6, 6.07) is 6.12. The minimum atomic E-state index is -0.00522. The summed E-state index contributed by atoms with van der Waals surface area (Å²) in [6.07, 6.45) is 7.25. The van der Waals surface area contributed by atoms with Gasteiger partial charge in [0.2, 0.25) is 0 Å². The molecular weight excluding hydrogens is 264 g/mol. The van der Waals surface area contributed by atoms with Crippen molar-refractivity contribution >= 4 is 5.91 Å². The van der Waals surface area contributed by atoms with Crippen molar-refractivity contribution in [2.75, 3.05) is 13.1 Å². The molecule has 2 fully saturated rings. The predicted octanol–water partition coefficient (Wildman–Crippen LogP) is 1.70. The lowest BCUT2D eigenvalue weighted by atomic mass is 10.0. The Morgan fingerprint density at radius 2 is 2.24 bits per heavy atom. The fraction of sp³-hybridized carbons (Fsp3) is 0.562. The Kier molecular flexibility index (Phi) is 4.16. The van der Waals surface area contributed by atoms with Crippen molar-refractivity contribution in [2.24, 2.45) is 0 Å². The van der Waals surface area contributed by atoms with Crippen LogP contribution < -0.4 is 5.32 Å². The Morgan fingerprint density at radius 3 is 2.81 bits per heavy atom. The average molecular weight is 284 g/mol. The van der Waals surface area contributed by atoms with Crippen LogP contribution in [0.2, 0.25) is 0 Å². The van der Waals surface area contributed by atoms with Crippen molar-refractivity contribution in [2.45, 2.75) is 44.2 Å². The maximum atomic E-state index is 12.7. The van der Waals surface area contributed by atoms with E-state index >= 15 is 0 Å². The van der Waals surface area contributed by atoms with Gasteiger partial charge in [-0.05, 0) is 44.4 Å².